The standard InChI is InChI=1S/C32H29N7O4/c40-31(38-25-13-11-23-9-7-21-5-1-17-34-27(21)29(23)36-25)42-19-3-15-33-16-4-20-43-32(41)39-26-14-12-24-10-8-22-6-2-18-35-28(22)30(24)37-26/h1-2,5-14,17-18,33H,3-4,15-16,19-20H2,(H,36,38,40)(H,37,39,41). The molecule has 216 valence electrons. The number of nitrogens with zero attached hydrogens (tertiary/aromatic N) is 4. The first kappa shape index (κ1) is 27.7. The van der Waals surface area contributed by atoms with E-state index >= 15 is 0 Å². The molecule has 0 saturated carbocycles. The normalized spacial score (nSPS) is 11.2. The first-order valence-corrected chi connectivity index (χ1v) is 14.0. The number of benzene rings is 2. The zero-order chi connectivity index (χ0) is 29.4. The number of carbonyl (C=O) groups is 2. The largest absolute Gasteiger partial charge is 0.449 e. The molecule has 0 unspecified atom stereocenters. The summed E-state index contributed by atoms with van der Waals surface area (Å²) in [6.07, 6.45) is 3.58. The van der Waals surface area contributed by atoms with Crippen molar-refractivity contribution in [3.05, 3.63) is 85.2 Å². The van der Waals surface area contributed by atoms with Gasteiger partial charge in [-0.1, -0.05) is 36.4 Å². The fourth-order valence-corrected chi connectivity index (χ4v) is 4.72. The number of pyridine rings is 4. The summed E-state index contributed by atoms with van der Waals surface area (Å²) in [5.41, 5.74) is 3.00. The Bertz CT molecular complexity index is 1790. The second kappa shape index (κ2) is 13.0. The highest BCUT2D eigenvalue weighted by Gasteiger charge is 2.09. The van der Waals surface area contributed by atoms with Crippen LogP contribution in [0.2, 0.25) is 0 Å². The van der Waals surface area contributed by atoms with Crippen LogP contribution in [0, 0.1) is 0 Å². The Balaban J connectivity index is 0.862. The molecule has 3 N–H and O–H groups in total. The van der Waals surface area contributed by atoms with E-state index in [-0.39, 0.29) is 13.2 Å². The van der Waals surface area contributed by atoms with Crippen molar-refractivity contribution in [2.24, 2.45) is 0 Å². The topological polar surface area (TPSA) is 140 Å². The number of nitrogens with one attached hydrogen (secondary N) is 3. The molecule has 2 aromatic carbocycles. The lowest BCUT2D eigenvalue weighted by Crippen LogP contribution is -2.22. The number of hydrogen-bond acceptors (Lipinski definition) is 9. The third-order valence-corrected chi connectivity index (χ3v) is 6.79. The Morgan fingerprint density at radius 1 is 0.558 bits per heavy atom. The number of amides is 2. The monoisotopic (exact) mass is 575 g/mol. The van der Waals surface area contributed by atoms with Gasteiger partial charge in [-0.15, -0.1) is 0 Å². The van der Waals surface area contributed by atoms with Crippen molar-refractivity contribution < 1.29 is 19.1 Å². The van der Waals surface area contributed by atoms with Gasteiger partial charge in [-0.2, -0.15) is 0 Å². The molecular weight excluding hydrogens is 546 g/mol. The molecule has 11 nitrogen and oxygen atoms in total. The summed E-state index contributed by atoms with van der Waals surface area (Å²) in [5, 5.41) is 12.4. The minimum Gasteiger partial charge on any atom is -0.449 e. The van der Waals surface area contributed by atoms with Crippen LogP contribution in [0.3, 0.4) is 0 Å². The maximum Gasteiger partial charge on any atom is 0.412 e. The maximum atomic E-state index is 12.2. The Morgan fingerprint density at radius 2 is 0.977 bits per heavy atom. The van der Waals surface area contributed by atoms with Crippen molar-refractivity contribution in [1.82, 2.24) is 25.3 Å². The third kappa shape index (κ3) is 6.74. The molecule has 0 atom stereocenters. The maximum absolute atomic E-state index is 12.2. The molecule has 0 radical (unpaired) electrons. The fourth-order valence-electron chi connectivity index (χ4n) is 4.72. The highest BCUT2D eigenvalue weighted by atomic mass is 16.6. The molecule has 0 spiro atoms. The van der Waals surface area contributed by atoms with E-state index in [0.717, 1.165) is 43.6 Å². The van der Waals surface area contributed by atoms with Gasteiger partial charge in [-0.3, -0.25) is 20.6 Å². The van der Waals surface area contributed by atoms with Gasteiger partial charge in [0.2, 0.25) is 0 Å². The Kier molecular flexibility index (Phi) is 8.41. The van der Waals surface area contributed by atoms with Gasteiger partial charge < -0.3 is 14.8 Å². The second-order valence-corrected chi connectivity index (χ2v) is 9.80. The summed E-state index contributed by atoms with van der Waals surface area (Å²) in [6.45, 7) is 1.79. The predicted octanol–water partition coefficient (Wildman–Crippen LogP) is 6.05. The number of ether oxygens (including phenoxy) is 2. The van der Waals surface area contributed by atoms with Gasteiger partial charge in [0.05, 0.1) is 35.3 Å². The number of hydrogen-bond donors (Lipinski definition) is 3. The van der Waals surface area contributed by atoms with Crippen molar-refractivity contribution in [3.63, 3.8) is 0 Å². The van der Waals surface area contributed by atoms with Crippen LogP contribution in [-0.2, 0) is 9.47 Å². The van der Waals surface area contributed by atoms with Gasteiger partial charge in [0, 0.05) is 33.9 Å². The molecule has 2 amide bonds. The minimum absolute atomic E-state index is 0.249. The van der Waals surface area contributed by atoms with E-state index in [9.17, 15) is 9.59 Å². The number of aromatic nitrogens is 4. The van der Waals surface area contributed by atoms with Crippen molar-refractivity contribution in [2.45, 2.75) is 12.8 Å². The number of carbonyl (C=O) groups excluding carboxylic acids is 2. The smallest absolute Gasteiger partial charge is 0.412 e. The molecule has 11 heteroatoms. The molecule has 0 fully saturated rings. The Hall–Kier alpha value is -5.42. The zero-order valence-corrected chi connectivity index (χ0v) is 23.2. The molecular formula is C32H29N7O4. The summed E-state index contributed by atoms with van der Waals surface area (Å²) >= 11 is 0. The van der Waals surface area contributed by atoms with Crippen molar-refractivity contribution >= 4 is 67.4 Å². The summed E-state index contributed by atoms with van der Waals surface area (Å²) in [6, 6.07) is 22.9. The lowest BCUT2D eigenvalue weighted by molar-refractivity contribution is 0.158. The minimum atomic E-state index is -0.565. The third-order valence-electron chi connectivity index (χ3n) is 6.79. The van der Waals surface area contributed by atoms with E-state index in [4.69, 9.17) is 9.47 Å². The van der Waals surface area contributed by atoms with Crippen LogP contribution in [0.15, 0.2) is 85.2 Å². The number of anilines is 2. The average molecular weight is 576 g/mol. The summed E-state index contributed by atoms with van der Waals surface area (Å²) in [7, 11) is 0. The molecule has 6 aromatic rings. The van der Waals surface area contributed by atoms with Gasteiger partial charge in [-0.05, 0) is 62.3 Å². The summed E-state index contributed by atoms with van der Waals surface area (Å²) in [4.78, 5) is 42.4. The zero-order valence-electron chi connectivity index (χ0n) is 23.2. The van der Waals surface area contributed by atoms with Crippen molar-refractivity contribution in [1.29, 1.82) is 0 Å². The van der Waals surface area contributed by atoms with Crippen LogP contribution in [0.5, 0.6) is 0 Å². The molecule has 0 bridgehead atoms. The Morgan fingerprint density at radius 3 is 1.44 bits per heavy atom. The number of fused-ring (bicyclic) bond motifs is 6. The van der Waals surface area contributed by atoms with Crippen LogP contribution in [-0.4, -0.2) is 58.4 Å². The SMILES string of the molecule is O=C(Nc1ccc2ccc3cccnc3c2n1)OCCCNCCCOC(=O)Nc1ccc2ccc3cccnc3c2n1. The van der Waals surface area contributed by atoms with Gasteiger partial charge in [0.25, 0.3) is 0 Å². The summed E-state index contributed by atoms with van der Waals surface area (Å²) in [5.74, 6) is 0.805. The molecule has 0 aliphatic heterocycles. The van der Waals surface area contributed by atoms with E-state index < -0.39 is 12.2 Å². The molecule has 6 rings (SSSR count). The molecule has 4 aromatic heterocycles. The second-order valence-electron chi connectivity index (χ2n) is 9.80. The lowest BCUT2D eigenvalue weighted by Gasteiger charge is -2.09. The van der Waals surface area contributed by atoms with Crippen LogP contribution in [0.4, 0.5) is 21.2 Å². The van der Waals surface area contributed by atoms with Crippen LogP contribution in [0.1, 0.15) is 12.8 Å². The molecule has 0 saturated heterocycles. The molecule has 0 aliphatic carbocycles. The van der Waals surface area contributed by atoms with Crippen molar-refractivity contribution in [2.75, 3.05) is 36.9 Å². The van der Waals surface area contributed by atoms with Gasteiger partial charge in [-0.25, -0.2) is 19.6 Å². The lowest BCUT2D eigenvalue weighted by atomic mass is 10.1. The molecule has 43 heavy (non-hydrogen) atoms. The Labute approximate surface area is 246 Å². The number of rotatable bonds is 10. The van der Waals surface area contributed by atoms with Crippen LogP contribution >= 0.6 is 0 Å². The van der Waals surface area contributed by atoms with E-state index in [1.807, 2.05) is 60.7 Å². The van der Waals surface area contributed by atoms with E-state index in [0.29, 0.717) is 37.6 Å². The highest BCUT2D eigenvalue weighted by molar-refractivity contribution is 6.04. The average Bonchev–Trinajstić information content (AvgIpc) is 3.04. The first-order chi connectivity index (χ1) is 21.1. The predicted molar refractivity (Wildman–Crippen MR) is 166 cm³/mol. The van der Waals surface area contributed by atoms with Crippen LogP contribution < -0.4 is 16.0 Å². The summed E-state index contributed by atoms with van der Waals surface area (Å²) < 4.78 is 10.6. The van der Waals surface area contributed by atoms with Crippen LogP contribution in [0.25, 0.3) is 43.6 Å². The molecule has 4 heterocycles. The molecule has 0 aliphatic rings. The van der Waals surface area contributed by atoms with E-state index in [1.54, 1.807) is 24.5 Å². The first-order valence-electron chi connectivity index (χ1n) is 14.0. The van der Waals surface area contributed by atoms with E-state index in [1.165, 1.54) is 0 Å². The van der Waals surface area contributed by atoms with Gasteiger partial charge >= 0.3 is 12.2 Å². The quantitative estimate of drug-likeness (QED) is 0.132. The van der Waals surface area contributed by atoms with Gasteiger partial charge in [0.15, 0.2) is 0 Å². The van der Waals surface area contributed by atoms with Gasteiger partial charge in [0.1, 0.15) is 11.6 Å². The van der Waals surface area contributed by atoms with Crippen molar-refractivity contribution in [3.8, 4) is 0 Å². The highest BCUT2D eigenvalue weighted by Crippen LogP contribution is 2.24. The van der Waals surface area contributed by atoms with E-state index in [2.05, 4.69) is 35.9 Å². The fraction of sp³-hybridized carbons (Fsp3) is 0.188.